The third kappa shape index (κ3) is 4.82. The van der Waals surface area contributed by atoms with Gasteiger partial charge in [0.25, 0.3) is 0 Å². The van der Waals surface area contributed by atoms with Crippen LogP contribution in [0.2, 0.25) is 0 Å². The molecule has 0 amide bonds. The second kappa shape index (κ2) is 13.2. The summed E-state index contributed by atoms with van der Waals surface area (Å²) < 4.78 is 12.8. The Balaban J connectivity index is 1.05. The van der Waals surface area contributed by atoms with E-state index in [-0.39, 0.29) is 0 Å². The van der Waals surface area contributed by atoms with Crippen molar-refractivity contribution in [3.63, 3.8) is 0 Å². The summed E-state index contributed by atoms with van der Waals surface area (Å²) in [4.78, 5) is 2.42. The first-order valence-corrected chi connectivity index (χ1v) is 21.2. The van der Waals surface area contributed by atoms with Crippen molar-refractivity contribution in [2.24, 2.45) is 0 Å². The maximum Gasteiger partial charge on any atom is 0.136 e. The minimum Gasteiger partial charge on any atom is -0.456 e. The van der Waals surface area contributed by atoms with E-state index in [1.807, 2.05) is 18.2 Å². The third-order valence-corrected chi connectivity index (χ3v) is 13.3. The van der Waals surface area contributed by atoms with Gasteiger partial charge < -0.3 is 13.7 Å². The number of furan rings is 2. The van der Waals surface area contributed by atoms with Gasteiger partial charge in [-0.15, -0.1) is 0 Å². The molecule has 0 bridgehead atoms. The van der Waals surface area contributed by atoms with Gasteiger partial charge in [0.1, 0.15) is 22.5 Å². The smallest absolute Gasteiger partial charge is 0.136 e. The van der Waals surface area contributed by atoms with E-state index in [0.717, 1.165) is 72.2 Å². The summed E-state index contributed by atoms with van der Waals surface area (Å²) in [5.41, 5.74) is 17.7. The molecule has 62 heavy (non-hydrogen) atoms. The van der Waals surface area contributed by atoms with Gasteiger partial charge in [0, 0.05) is 33.1 Å². The molecule has 3 nitrogen and oxygen atoms in total. The van der Waals surface area contributed by atoms with Crippen LogP contribution in [0.1, 0.15) is 39.1 Å². The monoisotopic (exact) mass is 791 g/mol. The van der Waals surface area contributed by atoms with Crippen LogP contribution in [0.3, 0.4) is 0 Å². The zero-order chi connectivity index (χ0) is 40.9. The van der Waals surface area contributed by atoms with Gasteiger partial charge >= 0.3 is 0 Å². The number of anilines is 3. The molecular weight excluding hydrogens is 755 g/mol. The van der Waals surface area contributed by atoms with Gasteiger partial charge in [-0.2, -0.15) is 0 Å². The van der Waals surface area contributed by atoms with Gasteiger partial charge in [-0.1, -0.05) is 152 Å². The number of rotatable bonds is 6. The third-order valence-electron chi connectivity index (χ3n) is 13.3. The second-order valence-corrected chi connectivity index (χ2v) is 16.4. The number of hydrogen-bond acceptors (Lipinski definition) is 3. The highest BCUT2D eigenvalue weighted by atomic mass is 16.3. The van der Waals surface area contributed by atoms with Crippen LogP contribution in [0.4, 0.5) is 17.1 Å². The Bertz CT molecular complexity index is 3630. The molecule has 13 rings (SSSR count). The van der Waals surface area contributed by atoms with Crippen LogP contribution in [0.5, 0.6) is 0 Å². The first kappa shape index (κ1) is 34.7. The van der Waals surface area contributed by atoms with E-state index in [0.29, 0.717) is 0 Å². The van der Waals surface area contributed by atoms with Gasteiger partial charge in [0.05, 0.1) is 11.1 Å². The first-order chi connectivity index (χ1) is 30.7. The minimum absolute atomic E-state index is 0.474. The van der Waals surface area contributed by atoms with Crippen LogP contribution in [0.25, 0.3) is 84.2 Å². The lowest BCUT2D eigenvalue weighted by Gasteiger charge is -2.32. The zero-order valence-electron chi connectivity index (χ0n) is 33.7. The Labute approximate surface area is 358 Å². The maximum atomic E-state index is 6.41. The molecule has 2 aromatic heterocycles. The molecule has 0 radical (unpaired) electrons. The highest BCUT2D eigenvalue weighted by Gasteiger charge is 2.51. The Morgan fingerprint density at radius 3 is 1.74 bits per heavy atom. The molecule has 290 valence electrons. The Morgan fingerprint density at radius 1 is 0.419 bits per heavy atom. The molecule has 9 aromatic carbocycles. The predicted octanol–water partition coefficient (Wildman–Crippen LogP) is 16.1. The topological polar surface area (TPSA) is 29.5 Å². The number of hydrogen-bond donors (Lipinski definition) is 0. The van der Waals surface area contributed by atoms with Crippen LogP contribution in [0, 0.1) is 0 Å². The quantitative estimate of drug-likeness (QED) is 0.168. The van der Waals surface area contributed by atoms with Crippen molar-refractivity contribution in [1.82, 2.24) is 0 Å². The van der Waals surface area contributed by atoms with Crippen molar-refractivity contribution in [1.29, 1.82) is 0 Å². The molecule has 0 unspecified atom stereocenters. The average molecular weight is 792 g/mol. The molecule has 0 N–H and O–H groups in total. The number of para-hydroxylation sites is 2. The lowest BCUT2D eigenvalue weighted by atomic mass is 9.70. The fourth-order valence-electron chi connectivity index (χ4n) is 10.7. The minimum atomic E-state index is -0.474. The molecule has 1 spiro atoms. The average Bonchev–Trinajstić information content (AvgIpc) is 4.05. The number of fused-ring (bicyclic) bond motifs is 15. The summed E-state index contributed by atoms with van der Waals surface area (Å²) in [7, 11) is 0. The highest BCUT2D eigenvalue weighted by Crippen LogP contribution is 2.63. The van der Waals surface area contributed by atoms with Gasteiger partial charge in [0.15, 0.2) is 0 Å². The van der Waals surface area contributed by atoms with Crippen molar-refractivity contribution < 1.29 is 8.83 Å². The lowest BCUT2D eigenvalue weighted by Crippen LogP contribution is -2.26. The SMILES string of the molecule is C=Cc1oc2cc3ccccc3cc2c1/C=C/c1ccccc1N(c1ccc2c(c1)C1(c3ccccc3-c3ccccc31)c1ccccc1-2)c1ccc2oc3ccccc3c2c1. The summed E-state index contributed by atoms with van der Waals surface area (Å²) in [5.74, 6) is 0.749. The van der Waals surface area contributed by atoms with E-state index in [1.54, 1.807) is 0 Å². The number of benzene rings is 9. The Kier molecular flexibility index (Phi) is 7.38. The molecular formula is C59H37NO2. The van der Waals surface area contributed by atoms with Crippen molar-refractivity contribution in [3.05, 3.63) is 240 Å². The van der Waals surface area contributed by atoms with Crippen molar-refractivity contribution >= 4 is 79.0 Å². The Hall–Kier alpha value is -8.14. The molecule has 0 atom stereocenters. The van der Waals surface area contributed by atoms with Gasteiger partial charge in [-0.3, -0.25) is 0 Å². The zero-order valence-corrected chi connectivity index (χ0v) is 33.7. The van der Waals surface area contributed by atoms with E-state index in [4.69, 9.17) is 8.83 Å². The largest absolute Gasteiger partial charge is 0.456 e. The Morgan fingerprint density at radius 2 is 1.00 bits per heavy atom. The van der Waals surface area contributed by atoms with Crippen LogP contribution < -0.4 is 4.90 Å². The van der Waals surface area contributed by atoms with Gasteiger partial charge in [-0.25, -0.2) is 0 Å². The second-order valence-electron chi connectivity index (χ2n) is 16.4. The first-order valence-electron chi connectivity index (χ1n) is 21.2. The molecule has 0 aliphatic heterocycles. The molecule has 2 aliphatic carbocycles. The summed E-state index contributed by atoms with van der Waals surface area (Å²) >= 11 is 0. The predicted molar refractivity (Wildman–Crippen MR) is 257 cm³/mol. The van der Waals surface area contributed by atoms with E-state index in [9.17, 15) is 0 Å². The fourth-order valence-corrected chi connectivity index (χ4v) is 10.7. The van der Waals surface area contributed by atoms with E-state index < -0.39 is 5.41 Å². The van der Waals surface area contributed by atoms with Crippen LogP contribution in [-0.2, 0) is 5.41 Å². The molecule has 0 saturated carbocycles. The molecule has 2 aliphatic rings. The van der Waals surface area contributed by atoms with Crippen molar-refractivity contribution in [2.75, 3.05) is 4.90 Å². The summed E-state index contributed by atoms with van der Waals surface area (Å²) in [6.45, 7) is 4.14. The normalized spacial score (nSPS) is 13.3. The summed E-state index contributed by atoms with van der Waals surface area (Å²) in [6.07, 6.45) is 6.21. The van der Waals surface area contributed by atoms with Crippen LogP contribution >= 0.6 is 0 Å². The van der Waals surface area contributed by atoms with Gasteiger partial charge in [0.2, 0.25) is 0 Å². The molecule has 3 heteroatoms. The van der Waals surface area contributed by atoms with E-state index in [2.05, 4.69) is 206 Å². The van der Waals surface area contributed by atoms with E-state index >= 15 is 0 Å². The fraction of sp³-hybridized carbons (Fsp3) is 0.0169. The van der Waals surface area contributed by atoms with Crippen LogP contribution in [0.15, 0.2) is 210 Å². The highest BCUT2D eigenvalue weighted by molar-refractivity contribution is 6.07. The summed E-state index contributed by atoms with van der Waals surface area (Å²) in [5, 5.41) is 5.54. The maximum absolute atomic E-state index is 6.41. The summed E-state index contributed by atoms with van der Waals surface area (Å²) in [6, 6.07) is 70.4. The van der Waals surface area contributed by atoms with Crippen molar-refractivity contribution in [2.45, 2.75) is 5.41 Å². The van der Waals surface area contributed by atoms with Crippen molar-refractivity contribution in [3.8, 4) is 22.3 Å². The molecule has 2 heterocycles. The van der Waals surface area contributed by atoms with Crippen LogP contribution in [-0.4, -0.2) is 0 Å². The van der Waals surface area contributed by atoms with E-state index in [1.165, 1.54) is 49.9 Å². The molecule has 0 saturated heterocycles. The molecule has 11 aromatic rings. The molecule has 0 fully saturated rings. The standard InChI is InChI=1S/C59H37NO2/c1-2-55-47(48-33-38-16-3-4-17-39(38)34-58(48)61-55)30-27-37-15-5-13-25-54(37)60(40-29-32-57-49(35-40)46-21-9-14-26-56(46)62-57)41-28-31-45-44-20-8-12-24-52(44)59(53(45)36-41)50-22-10-6-18-42(50)43-19-7-11-23-51(43)59/h2-36H,1H2/b30-27+. The lowest BCUT2D eigenvalue weighted by molar-refractivity contribution is 0.604. The number of nitrogens with zero attached hydrogens (tertiary/aromatic N) is 1. The van der Waals surface area contributed by atoms with Gasteiger partial charge in [-0.05, 0) is 128 Å².